The zero-order chi connectivity index (χ0) is 14.5. The van der Waals surface area contributed by atoms with E-state index in [9.17, 15) is 9.59 Å². The van der Waals surface area contributed by atoms with Crippen molar-refractivity contribution in [3.8, 4) is 5.88 Å². The highest BCUT2D eigenvalue weighted by Gasteiger charge is 2.12. The summed E-state index contributed by atoms with van der Waals surface area (Å²) in [6.45, 7) is -0.357. The molecule has 0 fully saturated rings. The number of carbonyl (C=O) groups excluding carboxylic acids is 1. The lowest BCUT2D eigenvalue weighted by Gasteiger charge is -2.03. The molecule has 20 heavy (non-hydrogen) atoms. The van der Waals surface area contributed by atoms with E-state index >= 15 is 0 Å². The number of nitrogens with zero attached hydrogens (tertiary/aromatic N) is 4. The van der Waals surface area contributed by atoms with E-state index in [2.05, 4.69) is 20.6 Å². The highest BCUT2D eigenvalue weighted by molar-refractivity contribution is 6.02. The number of methoxy groups -OCH3 is 1. The van der Waals surface area contributed by atoms with Gasteiger partial charge in [0.1, 0.15) is 6.54 Å². The Morgan fingerprint density at radius 1 is 1.45 bits per heavy atom. The average molecular weight is 277 g/mol. The molecule has 0 aliphatic carbocycles. The van der Waals surface area contributed by atoms with Crippen LogP contribution in [0.5, 0.6) is 5.88 Å². The minimum atomic E-state index is -1.07. The summed E-state index contributed by atoms with van der Waals surface area (Å²) in [6.07, 6.45) is 2.68. The molecule has 9 heteroatoms. The molecule has 0 radical (unpaired) electrons. The lowest BCUT2D eigenvalue weighted by Crippen LogP contribution is -2.13. The Kier molecular flexibility index (Phi) is 3.89. The van der Waals surface area contributed by atoms with Crippen LogP contribution in [0.15, 0.2) is 24.5 Å². The van der Waals surface area contributed by atoms with E-state index in [1.54, 1.807) is 12.1 Å². The van der Waals surface area contributed by atoms with Crippen molar-refractivity contribution in [2.24, 2.45) is 0 Å². The van der Waals surface area contributed by atoms with E-state index in [1.807, 2.05) is 0 Å². The van der Waals surface area contributed by atoms with Crippen LogP contribution in [0.4, 0.5) is 5.69 Å². The number of rotatable bonds is 5. The Morgan fingerprint density at radius 2 is 2.25 bits per heavy atom. The molecule has 0 bridgehead atoms. The molecule has 2 rings (SSSR count). The first-order valence-electron chi connectivity index (χ1n) is 5.52. The molecule has 0 aliphatic rings. The van der Waals surface area contributed by atoms with Gasteiger partial charge in [-0.15, -0.1) is 5.10 Å². The van der Waals surface area contributed by atoms with Gasteiger partial charge in [-0.3, -0.25) is 9.59 Å². The number of ether oxygens (including phenoxy) is 1. The van der Waals surface area contributed by atoms with Gasteiger partial charge in [-0.2, -0.15) is 0 Å². The minimum absolute atomic E-state index is 0.0158. The van der Waals surface area contributed by atoms with Crippen molar-refractivity contribution >= 4 is 17.6 Å². The van der Waals surface area contributed by atoms with Crippen molar-refractivity contribution in [2.45, 2.75) is 6.54 Å². The van der Waals surface area contributed by atoms with E-state index in [4.69, 9.17) is 9.84 Å². The van der Waals surface area contributed by atoms with Crippen molar-refractivity contribution in [3.63, 3.8) is 0 Å². The largest absolute Gasteiger partial charge is 0.481 e. The summed E-state index contributed by atoms with van der Waals surface area (Å²) in [6, 6.07) is 3.21. The summed E-state index contributed by atoms with van der Waals surface area (Å²) < 4.78 is 5.95. The number of carbonyl (C=O) groups is 2. The summed E-state index contributed by atoms with van der Waals surface area (Å²) in [5, 5.41) is 18.3. The van der Waals surface area contributed by atoms with Crippen molar-refractivity contribution in [2.75, 3.05) is 12.4 Å². The average Bonchev–Trinajstić information content (AvgIpc) is 2.87. The zero-order valence-electron chi connectivity index (χ0n) is 10.5. The quantitative estimate of drug-likeness (QED) is 0.790. The molecule has 0 atom stereocenters. The monoisotopic (exact) mass is 277 g/mol. The normalized spacial score (nSPS) is 10.1. The molecule has 2 aromatic rings. The number of nitrogens with one attached hydrogen (secondary N) is 1. The summed E-state index contributed by atoms with van der Waals surface area (Å²) in [5.41, 5.74) is 0.477. The highest BCUT2D eigenvalue weighted by Crippen LogP contribution is 2.11. The maximum Gasteiger partial charge on any atom is 0.325 e. The van der Waals surface area contributed by atoms with Gasteiger partial charge in [0.15, 0.2) is 5.69 Å². The summed E-state index contributed by atoms with van der Waals surface area (Å²) in [5.74, 6) is -1.15. The van der Waals surface area contributed by atoms with E-state index in [1.165, 1.54) is 19.5 Å². The van der Waals surface area contributed by atoms with Crippen LogP contribution in [0.2, 0.25) is 0 Å². The van der Waals surface area contributed by atoms with Gasteiger partial charge in [0.05, 0.1) is 25.2 Å². The third kappa shape index (κ3) is 3.28. The predicted octanol–water partition coefficient (Wildman–Crippen LogP) is 0.0186. The fourth-order valence-electron chi connectivity index (χ4n) is 1.39. The maximum absolute atomic E-state index is 11.8. The molecule has 2 heterocycles. The number of carboxylic acids is 1. The van der Waals surface area contributed by atoms with Crippen LogP contribution < -0.4 is 10.1 Å². The van der Waals surface area contributed by atoms with E-state index in [-0.39, 0.29) is 12.2 Å². The highest BCUT2D eigenvalue weighted by atomic mass is 16.5. The van der Waals surface area contributed by atoms with Crippen LogP contribution in [0.3, 0.4) is 0 Å². The van der Waals surface area contributed by atoms with Crippen LogP contribution >= 0.6 is 0 Å². The fourth-order valence-corrected chi connectivity index (χ4v) is 1.39. The Bertz CT molecular complexity index is 622. The van der Waals surface area contributed by atoms with Crippen molar-refractivity contribution in [3.05, 3.63) is 30.2 Å². The number of hydrogen-bond acceptors (Lipinski definition) is 6. The van der Waals surface area contributed by atoms with Crippen LogP contribution in [-0.2, 0) is 11.3 Å². The summed E-state index contributed by atoms with van der Waals surface area (Å²) in [4.78, 5) is 26.3. The first kappa shape index (κ1) is 13.5. The first-order valence-corrected chi connectivity index (χ1v) is 5.52. The number of pyridine rings is 1. The third-order valence-corrected chi connectivity index (χ3v) is 2.27. The molecular weight excluding hydrogens is 266 g/mol. The van der Waals surface area contributed by atoms with Gasteiger partial charge in [0.2, 0.25) is 5.88 Å². The molecule has 2 N–H and O–H groups in total. The van der Waals surface area contributed by atoms with Gasteiger partial charge >= 0.3 is 5.97 Å². The number of anilines is 1. The Balaban J connectivity index is 2.03. The van der Waals surface area contributed by atoms with Gasteiger partial charge in [-0.25, -0.2) is 9.67 Å². The number of hydrogen-bond donors (Lipinski definition) is 2. The smallest absolute Gasteiger partial charge is 0.325 e. The molecule has 0 saturated carbocycles. The molecule has 104 valence electrons. The van der Waals surface area contributed by atoms with Crippen LogP contribution in [0, 0.1) is 0 Å². The number of aromatic nitrogens is 4. The number of amides is 1. The molecule has 0 unspecified atom stereocenters. The lowest BCUT2D eigenvalue weighted by atomic mass is 10.3. The molecule has 0 spiro atoms. The zero-order valence-corrected chi connectivity index (χ0v) is 10.5. The molecule has 2 aromatic heterocycles. The third-order valence-electron chi connectivity index (χ3n) is 2.27. The van der Waals surface area contributed by atoms with Gasteiger partial charge < -0.3 is 15.2 Å². The van der Waals surface area contributed by atoms with Crippen molar-refractivity contribution < 1.29 is 19.4 Å². The first-order chi connectivity index (χ1) is 9.58. The molecule has 0 aromatic carbocycles. The van der Waals surface area contributed by atoms with E-state index in [0.717, 1.165) is 4.68 Å². The Morgan fingerprint density at radius 3 is 2.85 bits per heavy atom. The van der Waals surface area contributed by atoms with E-state index in [0.29, 0.717) is 11.6 Å². The molecule has 9 nitrogen and oxygen atoms in total. The maximum atomic E-state index is 11.8. The van der Waals surface area contributed by atoms with E-state index < -0.39 is 11.9 Å². The second kappa shape index (κ2) is 5.78. The SMILES string of the molecule is COc1ccc(NC(=O)c2cn(CC(=O)O)nn2)cn1. The topological polar surface area (TPSA) is 119 Å². The molecule has 0 saturated heterocycles. The molecule has 0 aliphatic heterocycles. The fraction of sp³-hybridized carbons (Fsp3) is 0.182. The van der Waals surface area contributed by atoms with Crippen LogP contribution in [0.1, 0.15) is 10.5 Å². The van der Waals surface area contributed by atoms with Gasteiger partial charge in [-0.05, 0) is 6.07 Å². The summed E-state index contributed by atoms with van der Waals surface area (Å²) in [7, 11) is 1.49. The number of carboxylic acid groups (broad SMARTS) is 1. The Labute approximate surface area is 113 Å². The number of aliphatic carboxylic acids is 1. The standard InChI is InChI=1S/C11H11N5O4/c1-20-9-3-2-7(4-12-9)13-11(19)8-5-16(15-14-8)6-10(17)18/h2-5H,6H2,1H3,(H,13,19)(H,17,18). The Hall–Kier alpha value is -2.97. The van der Waals surface area contributed by atoms with Crippen molar-refractivity contribution in [1.29, 1.82) is 0 Å². The van der Waals surface area contributed by atoms with Gasteiger partial charge in [-0.1, -0.05) is 5.21 Å². The van der Waals surface area contributed by atoms with Crippen LogP contribution in [0.25, 0.3) is 0 Å². The van der Waals surface area contributed by atoms with Gasteiger partial charge in [0.25, 0.3) is 5.91 Å². The van der Waals surface area contributed by atoms with Crippen LogP contribution in [-0.4, -0.2) is 44.1 Å². The molecular formula is C11H11N5O4. The lowest BCUT2D eigenvalue weighted by molar-refractivity contribution is -0.137. The minimum Gasteiger partial charge on any atom is -0.481 e. The van der Waals surface area contributed by atoms with Crippen molar-refractivity contribution in [1.82, 2.24) is 20.0 Å². The second-order valence-corrected chi connectivity index (χ2v) is 3.74. The second-order valence-electron chi connectivity index (χ2n) is 3.74. The molecule has 1 amide bonds. The summed E-state index contributed by atoms with van der Waals surface area (Å²) >= 11 is 0. The van der Waals surface area contributed by atoms with Gasteiger partial charge in [0, 0.05) is 6.07 Å². The predicted molar refractivity (Wildman–Crippen MR) is 66.4 cm³/mol.